The van der Waals surface area contributed by atoms with Gasteiger partial charge in [-0.2, -0.15) is 4.98 Å². The molecule has 3 rings (SSSR count). The van der Waals surface area contributed by atoms with Gasteiger partial charge in [-0.1, -0.05) is 18.0 Å². The quantitative estimate of drug-likeness (QED) is 0.885. The number of rotatable bonds is 2. The van der Waals surface area contributed by atoms with E-state index in [4.69, 9.17) is 10.3 Å². The molecule has 2 unspecified atom stereocenters. The third kappa shape index (κ3) is 2.63. The minimum absolute atomic E-state index is 0. The Bertz CT molecular complexity index is 362. The molecule has 0 aliphatic heterocycles. The molecule has 2 atom stereocenters. The third-order valence-corrected chi connectivity index (χ3v) is 4.00. The predicted molar refractivity (Wildman–Crippen MR) is 67.3 cm³/mol. The predicted octanol–water partition coefficient (Wildman–Crippen LogP) is 2.74. The van der Waals surface area contributed by atoms with Crippen LogP contribution in [0.25, 0.3) is 0 Å². The van der Waals surface area contributed by atoms with Crippen LogP contribution in [-0.2, 0) is 0 Å². The third-order valence-electron chi connectivity index (χ3n) is 4.00. The summed E-state index contributed by atoms with van der Waals surface area (Å²) in [5.41, 5.74) is 5.90. The van der Waals surface area contributed by atoms with Crippen LogP contribution in [0.1, 0.15) is 68.5 Å². The van der Waals surface area contributed by atoms with Gasteiger partial charge in [0.2, 0.25) is 5.89 Å². The average molecular weight is 258 g/mol. The van der Waals surface area contributed by atoms with E-state index in [1.165, 1.54) is 25.7 Å². The van der Waals surface area contributed by atoms with Crippen LogP contribution in [0.3, 0.4) is 0 Å². The lowest BCUT2D eigenvalue weighted by Gasteiger charge is -2.02. The Morgan fingerprint density at radius 1 is 1.06 bits per heavy atom. The molecule has 2 N–H and O–H groups in total. The van der Waals surface area contributed by atoms with Crippen LogP contribution in [0.15, 0.2) is 4.52 Å². The summed E-state index contributed by atoms with van der Waals surface area (Å²) in [4.78, 5) is 4.58. The van der Waals surface area contributed by atoms with Crippen LogP contribution in [-0.4, -0.2) is 16.2 Å². The molecule has 1 aromatic heterocycles. The molecular formula is C12H20ClN3O. The number of hydrogen-bond donors (Lipinski definition) is 1. The lowest BCUT2D eigenvalue weighted by atomic mass is 10.1. The van der Waals surface area contributed by atoms with E-state index in [0.717, 1.165) is 31.0 Å². The number of nitrogens with zero attached hydrogens (tertiary/aromatic N) is 2. The maximum Gasteiger partial charge on any atom is 0.229 e. The zero-order chi connectivity index (χ0) is 11.0. The molecule has 0 bridgehead atoms. The second-order valence-corrected chi connectivity index (χ2v) is 5.24. The van der Waals surface area contributed by atoms with Gasteiger partial charge < -0.3 is 10.3 Å². The first-order valence-corrected chi connectivity index (χ1v) is 6.42. The van der Waals surface area contributed by atoms with Crippen molar-refractivity contribution in [3.8, 4) is 0 Å². The van der Waals surface area contributed by atoms with Gasteiger partial charge in [0.15, 0.2) is 5.82 Å². The molecular weight excluding hydrogens is 238 g/mol. The zero-order valence-electron chi connectivity index (χ0n) is 9.97. The molecule has 2 aliphatic carbocycles. The standard InChI is InChI=1S/C12H19N3O.ClH/c13-10-6-5-9(7-10)12-14-11(15-16-12)8-3-1-2-4-8;/h8-10H,1-7,13H2;1H. The summed E-state index contributed by atoms with van der Waals surface area (Å²) >= 11 is 0. The summed E-state index contributed by atoms with van der Waals surface area (Å²) in [6.07, 6.45) is 8.27. The van der Waals surface area contributed by atoms with Crippen molar-refractivity contribution in [2.45, 2.75) is 62.8 Å². The first-order chi connectivity index (χ1) is 7.83. The molecule has 1 aromatic rings. The van der Waals surface area contributed by atoms with Crippen molar-refractivity contribution in [1.29, 1.82) is 0 Å². The van der Waals surface area contributed by atoms with Crippen LogP contribution in [0.4, 0.5) is 0 Å². The minimum Gasteiger partial charge on any atom is -0.339 e. The van der Waals surface area contributed by atoms with Gasteiger partial charge in [-0.25, -0.2) is 0 Å². The lowest BCUT2D eigenvalue weighted by Crippen LogP contribution is -2.14. The second-order valence-electron chi connectivity index (χ2n) is 5.24. The lowest BCUT2D eigenvalue weighted by molar-refractivity contribution is 0.347. The fourth-order valence-electron chi connectivity index (χ4n) is 3.00. The molecule has 2 fully saturated rings. The number of halogens is 1. The van der Waals surface area contributed by atoms with Gasteiger partial charge in [0, 0.05) is 17.9 Å². The molecule has 5 heteroatoms. The van der Waals surface area contributed by atoms with Crippen LogP contribution in [0, 0.1) is 0 Å². The van der Waals surface area contributed by atoms with Crippen molar-refractivity contribution in [2.75, 3.05) is 0 Å². The van der Waals surface area contributed by atoms with E-state index < -0.39 is 0 Å². The first-order valence-electron chi connectivity index (χ1n) is 6.42. The number of nitrogens with two attached hydrogens (primary N) is 1. The first kappa shape index (κ1) is 12.8. The molecule has 0 aromatic carbocycles. The summed E-state index contributed by atoms with van der Waals surface area (Å²) < 4.78 is 5.39. The highest BCUT2D eigenvalue weighted by atomic mass is 35.5. The molecule has 1 heterocycles. The monoisotopic (exact) mass is 257 g/mol. The molecule has 96 valence electrons. The molecule has 0 saturated heterocycles. The summed E-state index contributed by atoms with van der Waals surface area (Å²) in [5.74, 6) is 2.73. The van der Waals surface area contributed by atoms with Crippen LogP contribution in [0.2, 0.25) is 0 Å². The van der Waals surface area contributed by atoms with E-state index in [-0.39, 0.29) is 12.4 Å². The second kappa shape index (κ2) is 5.36. The van der Waals surface area contributed by atoms with Gasteiger partial charge in [-0.15, -0.1) is 12.4 Å². The zero-order valence-corrected chi connectivity index (χ0v) is 10.8. The van der Waals surface area contributed by atoms with E-state index in [2.05, 4.69) is 10.1 Å². The van der Waals surface area contributed by atoms with Gasteiger partial charge in [-0.05, 0) is 32.1 Å². The van der Waals surface area contributed by atoms with Crippen LogP contribution >= 0.6 is 12.4 Å². The van der Waals surface area contributed by atoms with E-state index in [1.54, 1.807) is 0 Å². The van der Waals surface area contributed by atoms with Gasteiger partial charge in [0.25, 0.3) is 0 Å². The summed E-state index contributed by atoms with van der Waals surface area (Å²) in [5, 5.41) is 4.14. The maximum atomic E-state index is 5.90. The van der Waals surface area contributed by atoms with Crippen molar-refractivity contribution in [2.24, 2.45) is 5.73 Å². The summed E-state index contributed by atoms with van der Waals surface area (Å²) in [6, 6.07) is 0.326. The number of hydrogen-bond acceptors (Lipinski definition) is 4. The molecule has 2 aliphatic rings. The molecule has 4 nitrogen and oxygen atoms in total. The van der Waals surface area contributed by atoms with E-state index >= 15 is 0 Å². The Morgan fingerprint density at radius 2 is 1.82 bits per heavy atom. The fraction of sp³-hybridized carbons (Fsp3) is 0.833. The molecule has 0 amide bonds. The largest absolute Gasteiger partial charge is 0.339 e. The normalized spacial score (nSPS) is 29.5. The van der Waals surface area contributed by atoms with E-state index in [1.807, 2.05) is 0 Å². The summed E-state index contributed by atoms with van der Waals surface area (Å²) in [6.45, 7) is 0. The highest BCUT2D eigenvalue weighted by molar-refractivity contribution is 5.85. The van der Waals surface area contributed by atoms with Gasteiger partial charge in [0.05, 0.1) is 0 Å². The highest BCUT2D eigenvalue weighted by Gasteiger charge is 2.29. The fourth-order valence-corrected chi connectivity index (χ4v) is 3.00. The maximum absolute atomic E-state index is 5.90. The Kier molecular flexibility index (Phi) is 4.05. The van der Waals surface area contributed by atoms with Crippen LogP contribution in [0.5, 0.6) is 0 Å². The van der Waals surface area contributed by atoms with Crippen molar-refractivity contribution in [1.82, 2.24) is 10.1 Å². The van der Waals surface area contributed by atoms with Crippen LogP contribution < -0.4 is 5.73 Å². The molecule has 0 radical (unpaired) electrons. The van der Waals surface area contributed by atoms with Crippen molar-refractivity contribution >= 4 is 12.4 Å². The van der Waals surface area contributed by atoms with Crippen molar-refractivity contribution in [3.05, 3.63) is 11.7 Å². The van der Waals surface area contributed by atoms with Crippen molar-refractivity contribution < 1.29 is 4.52 Å². The highest BCUT2D eigenvalue weighted by Crippen LogP contribution is 2.36. The average Bonchev–Trinajstić information content (AvgIpc) is 2.97. The van der Waals surface area contributed by atoms with E-state index in [0.29, 0.717) is 17.9 Å². The smallest absolute Gasteiger partial charge is 0.229 e. The Balaban J connectivity index is 0.00000108. The van der Waals surface area contributed by atoms with Gasteiger partial charge in [-0.3, -0.25) is 0 Å². The van der Waals surface area contributed by atoms with E-state index in [9.17, 15) is 0 Å². The van der Waals surface area contributed by atoms with Gasteiger partial charge in [0.1, 0.15) is 0 Å². The number of aromatic nitrogens is 2. The van der Waals surface area contributed by atoms with Gasteiger partial charge >= 0.3 is 0 Å². The Morgan fingerprint density at radius 3 is 2.47 bits per heavy atom. The Labute approximate surface area is 108 Å². The molecule has 2 saturated carbocycles. The molecule has 0 spiro atoms. The Hall–Kier alpha value is -0.610. The van der Waals surface area contributed by atoms with Crippen molar-refractivity contribution in [3.63, 3.8) is 0 Å². The molecule has 17 heavy (non-hydrogen) atoms. The topological polar surface area (TPSA) is 64.9 Å². The minimum atomic E-state index is 0. The SMILES string of the molecule is Cl.NC1CCC(c2nc(C3CCCC3)no2)C1. The summed E-state index contributed by atoms with van der Waals surface area (Å²) in [7, 11) is 0.